The average Bonchev–Trinajstić information content (AvgIpc) is 3.17. The number of rotatable bonds is 7. The van der Waals surface area contributed by atoms with Crippen molar-refractivity contribution in [3.63, 3.8) is 0 Å². The molecule has 0 amide bonds. The maximum absolute atomic E-state index is 4.10. The summed E-state index contributed by atoms with van der Waals surface area (Å²) in [4.78, 5) is 3.48. The molecule has 1 N–H and O–H groups in total. The normalized spacial score (nSPS) is 13.0. The molecule has 2 nitrogen and oxygen atoms in total. The summed E-state index contributed by atoms with van der Waals surface area (Å²) in [6.07, 6.45) is 18.2. The van der Waals surface area contributed by atoms with Crippen LogP contribution in [0.4, 0.5) is 0 Å². The maximum atomic E-state index is 4.10. The lowest BCUT2D eigenvalue weighted by molar-refractivity contribution is 1.18. The minimum absolute atomic E-state index is 0.991. The summed E-state index contributed by atoms with van der Waals surface area (Å²) in [6, 6.07) is 0. The molecule has 2 aromatic rings. The van der Waals surface area contributed by atoms with Gasteiger partial charge < -0.3 is 9.46 Å². The van der Waals surface area contributed by atoms with Gasteiger partial charge >= 0.3 is 0 Å². The SMILES string of the molecule is C=C/C=c1/c(-c2c(/C=C\C)c(/C=C\C)n([B]C)c2C=C)c(C=C)[nH]/c1=C/C. The molecule has 137 valence electrons. The van der Waals surface area contributed by atoms with Crippen molar-refractivity contribution in [2.24, 2.45) is 0 Å². The smallest absolute Gasteiger partial charge is 0.249 e. The van der Waals surface area contributed by atoms with E-state index in [9.17, 15) is 0 Å². The van der Waals surface area contributed by atoms with Crippen molar-refractivity contribution in [3.05, 3.63) is 71.2 Å². The van der Waals surface area contributed by atoms with Gasteiger partial charge in [0, 0.05) is 44.3 Å². The predicted molar refractivity (Wildman–Crippen MR) is 125 cm³/mol. The molecule has 2 aromatic heterocycles. The second kappa shape index (κ2) is 9.13. The summed E-state index contributed by atoms with van der Waals surface area (Å²) in [5.41, 5.74) is 6.60. The highest BCUT2D eigenvalue weighted by Crippen LogP contribution is 2.35. The Morgan fingerprint density at radius 1 is 0.926 bits per heavy atom. The van der Waals surface area contributed by atoms with Gasteiger partial charge in [-0.05, 0) is 39.0 Å². The lowest BCUT2D eigenvalue weighted by atomic mass is 9.96. The van der Waals surface area contributed by atoms with Crippen molar-refractivity contribution in [2.45, 2.75) is 27.6 Å². The molecule has 0 atom stereocenters. The maximum Gasteiger partial charge on any atom is 0.249 e. The molecule has 0 fully saturated rings. The molecule has 0 spiro atoms. The average molecular weight is 355 g/mol. The molecule has 1 radical (unpaired) electrons. The van der Waals surface area contributed by atoms with E-state index in [0.29, 0.717) is 0 Å². The van der Waals surface area contributed by atoms with Crippen molar-refractivity contribution < 1.29 is 0 Å². The van der Waals surface area contributed by atoms with Crippen molar-refractivity contribution in [1.82, 2.24) is 9.46 Å². The molecule has 0 aliphatic rings. The van der Waals surface area contributed by atoms with Gasteiger partial charge in [0.1, 0.15) is 0 Å². The molecule has 0 saturated carbocycles. The molecule has 0 aromatic carbocycles. The van der Waals surface area contributed by atoms with Gasteiger partial charge in [-0.15, -0.1) is 0 Å². The second-order valence-electron chi connectivity index (χ2n) is 6.03. The van der Waals surface area contributed by atoms with Gasteiger partial charge in [-0.25, -0.2) is 0 Å². The standard InChI is InChI=1S/C24H28BN2/c1-8-14-17-19(11-4)26-20(12-5)23(17)24-18(15-9-2)22(16-10-3)27(25-7)21(24)13-6/h8-16,26H,1,5-6H2,2-4,7H3/b15-9-,16-10-,17-14+,19-11+. The molecular formula is C24H28BN2. The third-order valence-corrected chi connectivity index (χ3v) is 4.56. The zero-order chi connectivity index (χ0) is 20.0. The highest BCUT2D eigenvalue weighted by molar-refractivity contribution is 6.33. The number of nitrogens with one attached hydrogen (secondary N) is 1. The Hall–Kier alpha value is -2.94. The summed E-state index contributed by atoms with van der Waals surface area (Å²) < 4.78 is 2.19. The van der Waals surface area contributed by atoms with Crippen LogP contribution in [0.1, 0.15) is 43.4 Å². The van der Waals surface area contributed by atoms with Crippen LogP contribution in [0, 0.1) is 0 Å². The van der Waals surface area contributed by atoms with Gasteiger partial charge in [0.2, 0.25) is 7.41 Å². The first kappa shape index (κ1) is 20.4. The van der Waals surface area contributed by atoms with Crippen LogP contribution in [-0.4, -0.2) is 16.9 Å². The quantitative estimate of drug-likeness (QED) is 0.666. The van der Waals surface area contributed by atoms with Crippen molar-refractivity contribution >= 4 is 43.9 Å². The fraction of sp³-hybridized carbons (Fsp3) is 0.167. The van der Waals surface area contributed by atoms with Crippen LogP contribution in [0.15, 0.2) is 38.0 Å². The summed E-state index contributed by atoms with van der Waals surface area (Å²) in [7, 11) is 2.08. The van der Waals surface area contributed by atoms with Gasteiger partial charge in [0.15, 0.2) is 0 Å². The summed E-state index contributed by atoms with van der Waals surface area (Å²) >= 11 is 0. The summed E-state index contributed by atoms with van der Waals surface area (Å²) in [5.74, 6) is 0. The number of allylic oxidation sites excluding steroid dienone is 3. The second-order valence-corrected chi connectivity index (χ2v) is 6.03. The van der Waals surface area contributed by atoms with E-state index in [1.165, 1.54) is 0 Å². The van der Waals surface area contributed by atoms with Gasteiger partial charge in [0.05, 0.1) is 0 Å². The van der Waals surface area contributed by atoms with E-state index in [1.54, 1.807) is 0 Å². The number of H-pyrrole nitrogens is 1. The molecule has 0 aliphatic carbocycles. The molecule has 27 heavy (non-hydrogen) atoms. The Morgan fingerprint density at radius 3 is 2.11 bits per heavy atom. The predicted octanol–water partition coefficient (Wildman–Crippen LogP) is 5.12. The Kier molecular flexibility index (Phi) is 6.89. The summed E-state index contributed by atoms with van der Waals surface area (Å²) in [5, 5.41) is 2.17. The van der Waals surface area contributed by atoms with E-state index in [2.05, 4.69) is 67.0 Å². The first-order chi connectivity index (χ1) is 13.1. The largest absolute Gasteiger partial charge is 0.390 e. The van der Waals surface area contributed by atoms with Gasteiger partial charge in [-0.3, -0.25) is 0 Å². The Labute approximate surface area is 163 Å². The first-order valence-electron chi connectivity index (χ1n) is 9.22. The van der Waals surface area contributed by atoms with Crippen LogP contribution in [0.2, 0.25) is 6.82 Å². The van der Waals surface area contributed by atoms with Crippen LogP contribution in [-0.2, 0) is 0 Å². The third kappa shape index (κ3) is 3.50. The van der Waals surface area contributed by atoms with E-state index in [1.807, 2.05) is 51.9 Å². The van der Waals surface area contributed by atoms with E-state index in [4.69, 9.17) is 0 Å². The molecule has 0 unspecified atom stereocenters. The van der Waals surface area contributed by atoms with Crippen LogP contribution in [0.3, 0.4) is 0 Å². The molecule has 2 heterocycles. The van der Waals surface area contributed by atoms with Crippen molar-refractivity contribution in [1.29, 1.82) is 0 Å². The Morgan fingerprint density at radius 2 is 1.63 bits per heavy atom. The number of nitrogens with zero attached hydrogens (tertiary/aromatic N) is 1. The fourth-order valence-corrected chi connectivity index (χ4v) is 3.55. The van der Waals surface area contributed by atoms with Crippen LogP contribution in [0.25, 0.3) is 47.6 Å². The van der Waals surface area contributed by atoms with Crippen molar-refractivity contribution in [3.8, 4) is 11.1 Å². The Bertz CT molecular complexity index is 1040. The lowest BCUT2D eigenvalue weighted by Gasteiger charge is -2.07. The molecule has 0 aliphatic heterocycles. The number of aromatic nitrogens is 2. The minimum Gasteiger partial charge on any atom is -0.390 e. The Balaban J connectivity index is 3.20. The van der Waals surface area contributed by atoms with E-state index >= 15 is 0 Å². The minimum atomic E-state index is 0.991. The van der Waals surface area contributed by atoms with E-state index in [-0.39, 0.29) is 0 Å². The first-order valence-corrected chi connectivity index (χ1v) is 9.22. The molecule has 0 saturated heterocycles. The van der Waals surface area contributed by atoms with Crippen molar-refractivity contribution in [2.75, 3.05) is 0 Å². The number of aromatic amines is 1. The van der Waals surface area contributed by atoms with Gasteiger partial charge in [0.25, 0.3) is 0 Å². The zero-order valence-corrected chi connectivity index (χ0v) is 16.8. The molecule has 2 rings (SSSR count). The highest BCUT2D eigenvalue weighted by atomic mass is 14.9. The van der Waals surface area contributed by atoms with Gasteiger partial charge in [-0.2, -0.15) is 0 Å². The summed E-state index contributed by atoms with van der Waals surface area (Å²) in [6.45, 7) is 20.2. The van der Waals surface area contributed by atoms with Gasteiger partial charge in [-0.1, -0.05) is 63.0 Å². The van der Waals surface area contributed by atoms with Crippen LogP contribution in [0.5, 0.6) is 0 Å². The third-order valence-electron chi connectivity index (χ3n) is 4.56. The molecular weight excluding hydrogens is 327 g/mol. The van der Waals surface area contributed by atoms with E-state index in [0.717, 1.165) is 44.3 Å². The van der Waals surface area contributed by atoms with Crippen LogP contribution < -0.4 is 10.6 Å². The van der Waals surface area contributed by atoms with Crippen LogP contribution >= 0.6 is 0 Å². The highest BCUT2D eigenvalue weighted by Gasteiger charge is 2.22. The van der Waals surface area contributed by atoms with E-state index < -0.39 is 0 Å². The fourth-order valence-electron chi connectivity index (χ4n) is 3.55. The number of hydrogen-bond acceptors (Lipinski definition) is 0. The molecule has 0 bridgehead atoms. The monoisotopic (exact) mass is 355 g/mol. The molecule has 3 heteroatoms. The topological polar surface area (TPSA) is 20.7 Å². The zero-order valence-electron chi connectivity index (χ0n) is 16.8. The lowest BCUT2D eigenvalue weighted by Crippen LogP contribution is -2.23. The number of hydrogen-bond donors (Lipinski definition) is 1.